The maximum atomic E-state index is 13.0. The van der Waals surface area contributed by atoms with Crippen molar-refractivity contribution in [3.8, 4) is 5.75 Å². The lowest BCUT2D eigenvalue weighted by atomic mass is 10.2. The monoisotopic (exact) mass is 197 g/mol. The van der Waals surface area contributed by atoms with E-state index in [9.17, 15) is 9.18 Å². The Balaban J connectivity index is 2.74. The molecule has 14 heavy (non-hydrogen) atoms. The Kier molecular flexibility index (Phi) is 3.45. The van der Waals surface area contributed by atoms with Gasteiger partial charge in [0, 0.05) is 13.5 Å². The second kappa shape index (κ2) is 4.60. The molecule has 0 saturated carbocycles. The minimum absolute atomic E-state index is 0.117. The Bertz CT molecular complexity index is 339. The minimum Gasteiger partial charge on any atom is -0.494 e. The van der Waals surface area contributed by atoms with E-state index in [-0.39, 0.29) is 11.7 Å². The number of nitrogens with one attached hydrogen (secondary N) is 1. The number of rotatable bonds is 3. The zero-order valence-electron chi connectivity index (χ0n) is 8.13. The van der Waals surface area contributed by atoms with E-state index in [0.717, 1.165) is 5.56 Å². The SMILES string of the molecule is COc1cc(CNC(C)=O)ccc1F. The quantitative estimate of drug-likeness (QED) is 0.796. The van der Waals surface area contributed by atoms with E-state index in [1.54, 1.807) is 12.1 Å². The predicted octanol–water partition coefficient (Wildman–Crippen LogP) is 1.47. The topological polar surface area (TPSA) is 38.3 Å². The molecule has 76 valence electrons. The van der Waals surface area contributed by atoms with Crippen LogP contribution in [0.15, 0.2) is 18.2 Å². The number of carbonyl (C=O) groups is 1. The summed E-state index contributed by atoms with van der Waals surface area (Å²) in [7, 11) is 1.40. The molecular formula is C10H12FNO2. The molecule has 1 N–H and O–H groups in total. The van der Waals surface area contributed by atoms with Crippen LogP contribution in [-0.4, -0.2) is 13.0 Å². The number of halogens is 1. The Morgan fingerprint density at radius 1 is 1.57 bits per heavy atom. The van der Waals surface area contributed by atoms with Crippen molar-refractivity contribution in [2.24, 2.45) is 0 Å². The summed E-state index contributed by atoms with van der Waals surface area (Å²) in [6.07, 6.45) is 0. The molecule has 1 aromatic rings. The van der Waals surface area contributed by atoms with E-state index in [0.29, 0.717) is 6.54 Å². The molecule has 0 aliphatic carbocycles. The first-order chi connectivity index (χ1) is 6.63. The Morgan fingerprint density at radius 3 is 2.86 bits per heavy atom. The van der Waals surface area contributed by atoms with Gasteiger partial charge in [0.1, 0.15) is 0 Å². The molecule has 0 bridgehead atoms. The number of hydrogen-bond donors (Lipinski definition) is 1. The van der Waals surface area contributed by atoms with Gasteiger partial charge in [0.05, 0.1) is 7.11 Å². The van der Waals surface area contributed by atoms with Crippen LogP contribution < -0.4 is 10.1 Å². The van der Waals surface area contributed by atoms with Gasteiger partial charge in [0.2, 0.25) is 5.91 Å². The van der Waals surface area contributed by atoms with E-state index < -0.39 is 5.82 Å². The van der Waals surface area contributed by atoms with Crippen molar-refractivity contribution >= 4 is 5.91 Å². The molecule has 0 aliphatic heterocycles. The molecule has 0 saturated heterocycles. The number of benzene rings is 1. The maximum Gasteiger partial charge on any atom is 0.217 e. The van der Waals surface area contributed by atoms with Crippen LogP contribution in [-0.2, 0) is 11.3 Å². The highest BCUT2D eigenvalue weighted by Gasteiger charge is 2.03. The normalized spacial score (nSPS) is 9.64. The molecule has 0 radical (unpaired) electrons. The fourth-order valence-electron chi connectivity index (χ4n) is 1.04. The lowest BCUT2D eigenvalue weighted by Crippen LogP contribution is -2.18. The smallest absolute Gasteiger partial charge is 0.217 e. The van der Waals surface area contributed by atoms with Gasteiger partial charge in [-0.05, 0) is 17.7 Å². The number of carbonyl (C=O) groups excluding carboxylic acids is 1. The first kappa shape index (κ1) is 10.5. The number of ether oxygens (including phenoxy) is 1. The first-order valence-electron chi connectivity index (χ1n) is 4.20. The Morgan fingerprint density at radius 2 is 2.29 bits per heavy atom. The molecular weight excluding hydrogens is 185 g/mol. The predicted molar refractivity (Wildman–Crippen MR) is 50.5 cm³/mol. The van der Waals surface area contributed by atoms with E-state index in [1.807, 2.05) is 0 Å². The van der Waals surface area contributed by atoms with E-state index in [4.69, 9.17) is 4.74 Å². The standard InChI is InChI=1S/C10H12FNO2/c1-7(13)12-6-8-3-4-9(11)10(5-8)14-2/h3-5H,6H2,1-2H3,(H,12,13). The van der Waals surface area contributed by atoms with Crippen LogP contribution in [0.4, 0.5) is 4.39 Å². The van der Waals surface area contributed by atoms with Crippen molar-refractivity contribution in [1.82, 2.24) is 5.32 Å². The minimum atomic E-state index is -0.404. The van der Waals surface area contributed by atoms with Crippen LogP contribution >= 0.6 is 0 Å². The maximum absolute atomic E-state index is 13.0. The number of methoxy groups -OCH3 is 1. The highest BCUT2D eigenvalue weighted by atomic mass is 19.1. The van der Waals surface area contributed by atoms with E-state index >= 15 is 0 Å². The van der Waals surface area contributed by atoms with E-state index in [1.165, 1.54) is 20.1 Å². The van der Waals surface area contributed by atoms with Crippen LogP contribution in [0, 0.1) is 5.82 Å². The highest BCUT2D eigenvalue weighted by molar-refractivity contribution is 5.72. The third-order valence-corrected chi connectivity index (χ3v) is 1.76. The van der Waals surface area contributed by atoms with Gasteiger partial charge in [0.15, 0.2) is 11.6 Å². The fraction of sp³-hybridized carbons (Fsp3) is 0.300. The molecule has 0 aromatic heterocycles. The van der Waals surface area contributed by atoms with Gasteiger partial charge in [0.25, 0.3) is 0 Å². The lowest BCUT2D eigenvalue weighted by molar-refractivity contribution is -0.119. The fourth-order valence-corrected chi connectivity index (χ4v) is 1.04. The largest absolute Gasteiger partial charge is 0.494 e. The van der Waals surface area contributed by atoms with Crippen LogP contribution in [0.1, 0.15) is 12.5 Å². The molecule has 3 nitrogen and oxygen atoms in total. The Labute approximate surface area is 81.9 Å². The first-order valence-corrected chi connectivity index (χ1v) is 4.20. The van der Waals surface area contributed by atoms with Gasteiger partial charge >= 0.3 is 0 Å². The van der Waals surface area contributed by atoms with Gasteiger partial charge in [-0.3, -0.25) is 4.79 Å². The van der Waals surface area contributed by atoms with Crippen molar-refractivity contribution in [3.05, 3.63) is 29.6 Å². The van der Waals surface area contributed by atoms with Gasteiger partial charge in [-0.1, -0.05) is 6.07 Å². The Hall–Kier alpha value is -1.58. The summed E-state index contributed by atoms with van der Waals surface area (Å²) < 4.78 is 17.8. The number of amides is 1. The van der Waals surface area contributed by atoms with Crippen LogP contribution in [0.5, 0.6) is 5.75 Å². The second-order valence-electron chi connectivity index (χ2n) is 2.88. The summed E-state index contributed by atoms with van der Waals surface area (Å²) in [6, 6.07) is 4.48. The molecule has 0 atom stereocenters. The highest BCUT2D eigenvalue weighted by Crippen LogP contribution is 2.17. The second-order valence-corrected chi connectivity index (χ2v) is 2.88. The van der Waals surface area contributed by atoms with Gasteiger partial charge in [-0.2, -0.15) is 0 Å². The zero-order chi connectivity index (χ0) is 10.6. The van der Waals surface area contributed by atoms with Gasteiger partial charge < -0.3 is 10.1 Å². The molecule has 1 amide bonds. The summed E-state index contributed by atoms with van der Waals surface area (Å²) >= 11 is 0. The molecule has 0 spiro atoms. The lowest BCUT2D eigenvalue weighted by Gasteiger charge is -2.05. The van der Waals surface area contributed by atoms with Crippen LogP contribution in [0.25, 0.3) is 0 Å². The average Bonchev–Trinajstić information content (AvgIpc) is 2.16. The van der Waals surface area contributed by atoms with E-state index in [2.05, 4.69) is 5.32 Å². The molecule has 0 unspecified atom stereocenters. The molecule has 0 aliphatic rings. The summed E-state index contributed by atoms with van der Waals surface area (Å²) in [4.78, 5) is 10.6. The third kappa shape index (κ3) is 2.73. The summed E-state index contributed by atoms with van der Waals surface area (Å²) in [5.41, 5.74) is 0.804. The molecule has 4 heteroatoms. The van der Waals surface area contributed by atoms with Gasteiger partial charge in [-0.15, -0.1) is 0 Å². The van der Waals surface area contributed by atoms with Crippen molar-refractivity contribution < 1.29 is 13.9 Å². The molecule has 0 fully saturated rings. The van der Waals surface area contributed by atoms with Crippen LogP contribution in [0.3, 0.4) is 0 Å². The van der Waals surface area contributed by atoms with Crippen molar-refractivity contribution in [1.29, 1.82) is 0 Å². The summed E-state index contributed by atoms with van der Waals surface area (Å²) in [5, 5.41) is 2.62. The zero-order valence-corrected chi connectivity index (χ0v) is 8.13. The average molecular weight is 197 g/mol. The number of hydrogen-bond acceptors (Lipinski definition) is 2. The third-order valence-electron chi connectivity index (χ3n) is 1.76. The summed E-state index contributed by atoms with van der Waals surface area (Å²) in [6.45, 7) is 1.81. The van der Waals surface area contributed by atoms with Crippen LogP contribution in [0.2, 0.25) is 0 Å². The van der Waals surface area contributed by atoms with Crippen molar-refractivity contribution in [2.75, 3.05) is 7.11 Å². The molecule has 1 rings (SSSR count). The van der Waals surface area contributed by atoms with Crippen molar-refractivity contribution in [3.63, 3.8) is 0 Å². The van der Waals surface area contributed by atoms with Crippen molar-refractivity contribution in [2.45, 2.75) is 13.5 Å². The van der Waals surface area contributed by atoms with Gasteiger partial charge in [-0.25, -0.2) is 4.39 Å². The molecule has 1 aromatic carbocycles. The summed E-state index contributed by atoms with van der Waals surface area (Å²) in [5.74, 6) is -0.333. The molecule has 0 heterocycles.